The number of thiazole rings is 1. The fourth-order valence-corrected chi connectivity index (χ4v) is 2.65. The van der Waals surface area contributed by atoms with Gasteiger partial charge in [0.25, 0.3) is 0 Å². The van der Waals surface area contributed by atoms with Crippen molar-refractivity contribution in [1.29, 1.82) is 0 Å². The number of nitrogens with one attached hydrogen (secondary N) is 1. The Bertz CT molecular complexity index is 429. The van der Waals surface area contributed by atoms with Crippen molar-refractivity contribution in [3.05, 3.63) is 23.5 Å². The summed E-state index contributed by atoms with van der Waals surface area (Å²) in [7, 11) is 0. The molecule has 0 spiro atoms. The Balaban J connectivity index is 1.95. The summed E-state index contributed by atoms with van der Waals surface area (Å²) in [4.78, 5) is 5.74. The van der Waals surface area contributed by atoms with E-state index in [0.29, 0.717) is 12.0 Å². The van der Waals surface area contributed by atoms with Crippen LogP contribution >= 0.6 is 11.3 Å². The third-order valence-corrected chi connectivity index (χ3v) is 3.80. The molecule has 0 aliphatic heterocycles. The Kier molecular flexibility index (Phi) is 4.18. The highest BCUT2D eigenvalue weighted by Crippen LogP contribution is 2.15. The largest absolute Gasteiger partial charge is 0.314 e. The van der Waals surface area contributed by atoms with Gasteiger partial charge in [-0.05, 0) is 18.9 Å². The zero-order valence-corrected chi connectivity index (χ0v) is 11.6. The fraction of sp³-hybridized carbons (Fsp3) is 0.615. The summed E-state index contributed by atoms with van der Waals surface area (Å²) in [6.07, 6.45) is 6.50. The lowest BCUT2D eigenvalue weighted by Crippen LogP contribution is -2.29. The average molecular weight is 251 g/mol. The SMILES string of the molecule is CCC(CNC(C)C)Cc1cn2ccsc2n1. The van der Waals surface area contributed by atoms with Crippen LogP contribution < -0.4 is 5.32 Å². The Labute approximate surface area is 107 Å². The van der Waals surface area contributed by atoms with Crippen LogP contribution in [0.2, 0.25) is 0 Å². The van der Waals surface area contributed by atoms with E-state index < -0.39 is 0 Å². The molecule has 4 heteroatoms. The molecule has 2 rings (SSSR count). The van der Waals surface area contributed by atoms with Gasteiger partial charge in [-0.3, -0.25) is 4.40 Å². The maximum Gasteiger partial charge on any atom is 0.193 e. The molecule has 0 aliphatic carbocycles. The van der Waals surface area contributed by atoms with Crippen molar-refractivity contribution in [3.8, 4) is 0 Å². The number of fused-ring (bicyclic) bond motifs is 1. The summed E-state index contributed by atoms with van der Waals surface area (Å²) >= 11 is 1.70. The Hall–Kier alpha value is -0.870. The molecule has 0 aromatic carbocycles. The first-order chi connectivity index (χ1) is 8.19. The Morgan fingerprint density at radius 3 is 2.94 bits per heavy atom. The molecule has 1 N–H and O–H groups in total. The molecular weight excluding hydrogens is 230 g/mol. The zero-order chi connectivity index (χ0) is 12.3. The summed E-state index contributed by atoms with van der Waals surface area (Å²) in [5.74, 6) is 0.682. The van der Waals surface area contributed by atoms with Crippen LogP contribution in [0, 0.1) is 5.92 Å². The first-order valence-corrected chi connectivity index (χ1v) is 7.21. The van der Waals surface area contributed by atoms with Crippen molar-refractivity contribution in [2.45, 2.75) is 39.7 Å². The minimum atomic E-state index is 0.564. The van der Waals surface area contributed by atoms with Gasteiger partial charge in [0, 0.05) is 23.8 Å². The molecule has 94 valence electrons. The van der Waals surface area contributed by atoms with Crippen LogP contribution in [0.4, 0.5) is 0 Å². The van der Waals surface area contributed by atoms with Crippen LogP contribution in [0.5, 0.6) is 0 Å². The van der Waals surface area contributed by atoms with Gasteiger partial charge in [0.1, 0.15) is 0 Å². The second kappa shape index (κ2) is 5.65. The van der Waals surface area contributed by atoms with E-state index in [4.69, 9.17) is 0 Å². The Morgan fingerprint density at radius 1 is 1.47 bits per heavy atom. The standard InChI is InChI=1S/C13H21N3S/c1-4-11(8-14-10(2)3)7-12-9-16-5-6-17-13(16)15-12/h5-6,9-11,14H,4,7-8H2,1-3H3. The third kappa shape index (κ3) is 3.30. The summed E-state index contributed by atoms with van der Waals surface area (Å²) in [6, 6.07) is 0.564. The first-order valence-electron chi connectivity index (χ1n) is 6.33. The second-order valence-corrected chi connectivity index (χ2v) is 5.74. The molecular formula is C13H21N3S. The predicted octanol–water partition coefficient (Wildman–Crippen LogP) is 2.96. The minimum Gasteiger partial charge on any atom is -0.314 e. The summed E-state index contributed by atoms with van der Waals surface area (Å²) < 4.78 is 2.11. The van der Waals surface area contributed by atoms with E-state index in [9.17, 15) is 0 Å². The molecule has 3 nitrogen and oxygen atoms in total. The van der Waals surface area contributed by atoms with Gasteiger partial charge in [0.05, 0.1) is 5.69 Å². The fourth-order valence-electron chi connectivity index (χ4n) is 1.93. The molecule has 2 aromatic heterocycles. The molecule has 1 unspecified atom stereocenters. The highest BCUT2D eigenvalue weighted by molar-refractivity contribution is 7.15. The van der Waals surface area contributed by atoms with Crippen LogP contribution in [-0.4, -0.2) is 22.0 Å². The third-order valence-electron chi connectivity index (χ3n) is 3.03. The van der Waals surface area contributed by atoms with Crippen molar-refractivity contribution in [3.63, 3.8) is 0 Å². The van der Waals surface area contributed by atoms with Gasteiger partial charge >= 0.3 is 0 Å². The molecule has 0 bridgehead atoms. The lowest BCUT2D eigenvalue weighted by atomic mass is 10.0. The minimum absolute atomic E-state index is 0.564. The van der Waals surface area contributed by atoms with Gasteiger partial charge in [0.2, 0.25) is 0 Å². The van der Waals surface area contributed by atoms with E-state index in [1.807, 2.05) is 0 Å². The van der Waals surface area contributed by atoms with Gasteiger partial charge in [-0.2, -0.15) is 0 Å². The van der Waals surface area contributed by atoms with Crippen molar-refractivity contribution < 1.29 is 0 Å². The van der Waals surface area contributed by atoms with Crippen molar-refractivity contribution in [2.75, 3.05) is 6.54 Å². The van der Waals surface area contributed by atoms with Crippen LogP contribution in [0.15, 0.2) is 17.8 Å². The molecule has 1 atom stereocenters. The van der Waals surface area contributed by atoms with E-state index in [0.717, 1.165) is 17.9 Å². The van der Waals surface area contributed by atoms with Gasteiger partial charge in [-0.15, -0.1) is 11.3 Å². The average Bonchev–Trinajstić information content (AvgIpc) is 2.83. The molecule has 0 aliphatic rings. The summed E-state index contributed by atoms with van der Waals surface area (Å²) in [5, 5.41) is 5.59. The van der Waals surface area contributed by atoms with E-state index in [-0.39, 0.29) is 0 Å². The molecule has 2 heterocycles. The number of hydrogen-bond acceptors (Lipinski definition) is 3. The van der Waals surface area contributed by atoms with Gasteiger partial charge in [-0.1, -0.05) is 27.2 Å². The summed E-state index contributed by atoms with van der Waals surface area (Å²) in [5.41, 5.74) is 1.22. The van der Waals surface area contributed by atoms with Crippen LogP contribution in [-0.2, 0) is 6.42 Å². The molecule has 0 fully saturated rings. The summed E-state index contributed by atoms with van der Waals surface area (Å²) in [6.45, 7) is 7.73. The van der Waals surface area contributed by atoms with Crippen LogP contribution in [0.25, 0.3) is 4.96 Å². The highest BCUT2D eigenvalue weighted by atomic mass is 32.1. The monoisotopic (exact) mass is 251 g/mol. The smallest absolute Gasteiger partial charge is 0.193 e. The molecule has 0 radical (unpaired) electrons. The van der Waals surface area contributed by atoms with E-state index in [1.165, 1.54) is 12.1 Å². The zero-order valence-electron chi connectivity index (χ0n) is 10.8. The molecule has 0 saturated carbocycles. The van der Waals surface area contributed by atoms with E-state index in [1.54, 1.807) is 11.3 Å². The van der Waals surface area contributed by atoms with Crippen molar-refractivity contribution >= 4 is 16.3 Å². The quantitative estimate of drug-likeness (QED) is 0.855. The molecule has 17 heavy (non-hydrogen) atoms. The van der Waals surface area contributed by atoms with Gasteiger partial charge in [-0.25, -0.2) is 4.98 Å². The van der Waals surface area contributed by atoms with Crippen LogP contribution in [0.1, 0.15) is 32.9 Å². The lowest BCUT2D eigenvalue weighted by molar-refractivity contribution is 0.433. The highest BCUT2D eigenvalue weighted by Gasteiger charge is 2.11. The predicted molar refractivity (Wildman–Crippen MR) is 73.7 cm³/mol. The van der Waals surface area contributed by atoms with Gasteiger partial charge < -0.3 is 5.32 Å². The second-order valence-electron chi connectivity index (χ2n) is 4.87. The van der Waals surface area contributed by atoms with Gasteiger partial charge in [0.15, 0.2) is 4.96 Å². The Morgan fingerprint density at radius 2 is 2.29 bits per heavy atom. The maximum atomic E-state index is 4.64. The normalized spacial score (nSPS) is 13.6. The van der Waals surface area contributed by atoms with E-state index in [2.05, 4.69) is 53.2 Å². The van der Waals surface area contributed by atoms with E-state index >= 15 is 0 Å². The number of imidazole rings is 1. The van der Waals surface area contributed by atoms with Crippen molar-refractivity contribution in [2.24, 2.45) is 5.92 Å². The number of hydrogen-bond donors (Lipinski definition) is 1. The topological polar surface area (TPSA) is 29.3 Å². The number of aromatic nitrogens is 2. The van der Waals surface area contributed by atoms with Crippen LogP contribution in [0.3, 0.4) is 0 Å². The number of nitrogens with zero attached hydrogens (tertiary/aromatic N) is 2. The molecule has 0 saturated heterocycles. The number of rotatable bonds is 6. The molecule has 2 aromatic rings. The van der Waals surface area contributed by atoms with Crippen molar-refractivity contribution in [1.82, 2.24) is 14.7 Å². The lowest BCUT2D eigenvalue weighted by Gasteiger charge is -2.16. The first kappa shape index (κ1) is 12.6. The maximum absolute atomic E-state index is 4.64. The molecule has 0 amide bonds.